The number of amides is 1. The first-order chi connectivity index (χ1) is 23.3. The molecule has 6 rings (SSSR count). The highest BCUT2D eigenvalue weighted by atomic mass is 79.9. The van der Waals surface area contributed by atoms with Gasteiger partial charge in [0.1, 0.15) is 24.1 Å². The Morgan fingerprint density at radius 2 is 1.65 bits per heavy atom. The summed E-state index contributed by atoms with van der Waals surface area (Å²) in [5.74, 6) is 1.73. The standard InChI is InChI=1S/C37H32BrN3O6S/c1-22-32(35(42)40-25-13-9-6-10-14-25)33(27-16-15-26(44-2)20-29(27)45-3)41-36(43)31(48-37(41)39-22)19-24-17-28(38)34(30(18-24)46-4)47-21-23-11-7-5-8-12-23/h5-20,33H,21H2,1-4H3,(H,40,42)/b31-19-/t33-/m0/s1. The second kappa shape index (κ2) is 14.3. The number of fused-ring (bicyclic) bond motifs is 1. The molecule has 0 saturated heterocycles. The summed E-state index contributed by atoms with van der Waals surface area (Å²) in [7, 11) is 4.68. The number of benzene rings is 4. The molecule has 9 nitrogen and oxygen atoms in total. The van der Waals surface area contributed by atoms with Gasteiger partial charge in [0, 0.05) is 17.3 Å². The van der Waals surface area contributed by atoms with E-state index in [1.54, 1.807) is 63.2 Å². The van der Waals surface area contributed by atoms with Crippen molar-refractivity contribution in [3.8, 4) is 23.0 Å². The number of hydrogen-bond donors (Lipinski definition) is 1. The molecule has 2 heterocycles. The number of carbonyl (C=O) groups is 1. The first-order valence-electron chi connectivity index (χ1n) is 15.0. The molecule has 1 aromatic heterocycles. The number of methoxy groups -OCH3 is 3. The van der Waals surface area contributed by atoms with Crippen LogP contribution in [0.15, 0.2) is 117 Å². The van der Waals surface area contributed by atoms with Gasteiger partial charge in [-0.1, -0.05) is 59.9 Å². The minimum Gasteiger partial charge on any atom is -0.497 e. The highest BCUT2D eigenvalue weighted by Crippen LogP contribution is 2.39. The lowest BCUT2D eigenvalue weighted by molar-refractivity contribution is -0.113. The smallest absolute Gasteiger partial charge is 0.271 e. The van der Waals surface area contributed by atoms with Crippen molar-refractivity contribution in [2.75, 3.05) is 26.6 Å². The van der Waals surface area contributed by atoms with E-state index in [9.17, 15) is 9.59 Å². The van der Waals surface area contributed by atoms with Crippen LogP contribution in [0.3, 0.4) is 0 Å². The second-order valence-corrected chi connectivity index (χ2v) is 12.7. The molecule has 0 aliphatic carbocycles. The summed E-state index contributed by atoms with van der Waals surface area (Å²) < 4.78 is 25.6. The molecule has 0 fully saturated rings. The summed E-state index contributed by atoms with van der Waals surface area (Å²) in [6.07, 6.45) is 1.78. The number of halogens is 1. The minimum absolute atomic E-state index is 0.307. The Bertz CT molecular complexity index is 2200. The number of ether oxygens (including phenoxy) is 4. The fourth-order valence-corrected chi connectivity index (χ4v) is 7.14. The Morgan fingerprint density at radius 3 is 2.33 bits per heavy atom. The number of nitrogens with one attached hydrogen (secondary N) is 1. The van der Waals surface area contributed by atoms with Gasteiger partial charge in [0.25, 0.3) is 11.5 Å². The average molecular weight is 727 g/mol. The van der Waals surface area contributed by atoms with Crippen molar-refractivity contribution < 1.29 is 23.7 Å². The summed E-state index contributed by atoms with van der Waals surface area (Å²) >= 11 is 4.87. The van der Waals surface area contributed by atoms with Crippen molar-refractivity contribution in [1.82, 2.24) is 4.57 Å². The molecular formula is C37H32BrN3O6S. The molecular weight excluding hydrogens is 694 g/mol. The number of aromatic nitrogens is 1. The number of allylic oxidation sites excluding steroid dienone is 1. The van der Waals surface area contributed by atoms with Crippen LogP contribution in [-0.2, 0) is 11.4 Å². The first kappa shape index (κ1) is 32.8. The summed E-state index contributed by atoms with van der Waals surface area (Å²) in [4.78, 5) is 33.5. The highest BCUT2D eigenvalue weighted by molar-refractivity contribution is 9.10. The number of hydrogen-bond acceptors (Lipinski definition) is 8. The van der Waals surface area contributed by atoms with Crippen molar-refractivity contribution in [3.05, 3.63) is 143 Å². The Kier molecular flexibility index (Phi) is 9.79. The van der Waals surface area contributed by atoms with Crippen molar-refractivity contribution in [3.63, 3.8) is 0 Å². The third kappa shape index (κ3) is 6.65. The molecule has 0 bridgehead atoms. The fourth-order valence-electron chi connectivity index (χ4n) is 5.51. The van der Waals surface area contributed by atoms with Crippen LogP contribution in [0.4, 0.5) is 5.69 Å². The van der Waals surface area contributed by atoms with Gasteiger partial charge in [-0.15, -0.1) is 0 Å². The Labute approximate surface area is 289 Å². The molecule has 5 aromatic rings. The zero-order chi connectivity index (χ0) is 33.8. The summed E-state index contributed by atoms with van der Waals surface area (Å²) in [6, 6.07) is 27.2. The predicted molar refractivity (Wildman–Crippen MR) is 190 cm³/mol. The molecule has 4 aromatic carbocycles. The molecule has 244 valence electrons. The van der Waals surface area contributed by atoms with Crippen molar-refractivity contribution >= 4 is 44.9 Å². The number of rotatable bonds is 10. The van der Waals surface area contributed by atoms with Gasteiger partial charge in [0.05, 0.1) is 41.6 Å². The molecule has 1 amide bonds. The van der Waals surface area contributed by atoms with Crippen LogP contribution in [0.5, 0.6) is 23.0 Å². The third-order valence-electron chi connectivity index (χ3n) is 7.81. The van der Waals surface area contributed by atoms with Crippen LogP contribution in [0.2, 0.25) is 0 Å². The van der Waals surface area contributed by atoms with E-state index in [1.165, 1.54) is 11.3 Å². The Balaban J connectivity index is 1.45. The lowest BCUT2D eigenvalue weighted by atomic mass is 9.94. The maximum Gasteiger partial charge on any atom is 0.271 e. The number of carbonyl (C=O) groups excluding carboxylic acids is 1. The quantitative estimate of drug-likeness (QED) is 0.183. The highest BCUT2D eigenvalue weighted by Gasteiger charge is 2.34. The molecule has 11 heteroatoms. The van der Waals surface area contributed by atoms with Gasteiger partial charge in [-0.05, 0) is 76.5 Å². The normalized spacial score (nSPS) is 14.2. The maximum absolute atomic E-state index is 14.3. The van der Waals surface area contributed by atoms with Crippen molar-refractivity contribution in [2.45, 2.75) is 19.6 Å². The summed E-state index contributed by atoms with van der Waals surface area (Å²) in [5, 5.41) is 2.97. The van der Waals surface area contributed by atoms with E-state index < -0.39 is 6.04 Å². The third-order valence-corrected chi connectivity index (χ3v) is 9.38. The zero-order valence-corrected chi connectivity index (χ0v) is 29.1. The molecule has 0 radical (unpaired) electrons. The van der Waals surface area contributed by atoms with E-state index in [2.05, 4.69) is 21.2 Å². The van der Waals surface area contributed by atoms with Crippen molar-refractivity contribution in [2.24, 2.45) is 4.99 Å². The monoisotopic (exact) mass is 725 g/mol. The average Bonchev–Trinajstić information content (AvgIpc) is 3.40. The second-order valence-electron chi connectivity index (χ2n) is 10.8. The summed E-state index contributed by atoms with van der Waals surface area (Å²) in [6.45, 7) is 2.14. The number of anilines is 1. The van der Waals surface area contributed by atoms with Crippen molar-refractivity contribution in [1.29, 1.82) is 0 Å². The summed E-state index contributed by atoms with van der Waals surface area (Å²) in [5.41, 5.74) is 3.48. The molecule has 1 N–H and O–H groups in total. The van der Waals surface area contributed by atoms with Gasteiger partial charge in [-0.2, -0.15) is 0 Å². The van der Waals surface area contributed by atoms with Gasteiger partial charge in [0.15, 0.2) is 16.3 Å². The van der Waals surface area contributed by atoms with Gasteiger partial charge >= 0.3 is 0 Å². The van der Waals surface area contributed by atoms with E-state index in [1.807, 2.05) is 66.7 Å². The van der Waals surface area contributed by atoms with E-state index in [4.69, 9.17) is 23.9 Å². The van der Waals surface area contributed by atoms with Gasteiger partial charge < -0.3 is 24.3 Å². The maximum atomic E-state index is 14.3. The number of thiazole rings is 1. The van der Waals surface area contributed by atoms with Crippen LogP contribution in [-0.4, -0.2) is 31.8 Å². The van der Waals surface area contributed by atoms with E-state index in [0.29, 0.717) is 71.5 Å². The van der Waals surface area contributed by atoms with Crippen LogP contribution >= 0.6 is 27.3 Å². The van der Waals surface area contributed by atoms with Crippen LogP contribution in [0.25, 0.3) is 6.08 Å². The van der Waals surface area contributed by atoms with Crippen LogP contribution in [0, 0.1) is 0 Å². The van der Waals surface area contributed by atoms with Gasteiger partial charge in [-0.25, -0.2) is 4.99 Å². The lowest BCUT2D eigenvalue weighted by Crippen LogP contribution is -2.40. The Hall–Kier alpha value is -5.13. The zero-order valence-electron chi connectivity index (χ0n) is 26.7. The SMILES string of the molecule is COc1ccc([C@H]2C(C(=O)Nc3ccccc3)=C(C)N=c3s/c(=C\c4cc(Br)c(OCc5ccccc5)c(OC)c4)c(=O)n32)c(OC)c1. The molecule has 1 atom stereocenters. The Morgan fingerprint density at radius 1 is 0.938 bits per heavy atom. The number of para-hydroxylation sites is 1. The molecule has 0 saturated carbocycles. The first-order valence-corrected chi connectivity index (χ1v) is 16.6. The topological polar surface area (TPSA) is 100 Å². The van der Waals surface area contributed by atoms with E-state index in [0.717, 1.165) is 5.56 Å². The molecule has 0 spiro atoms. The molecule has 0 unspecified atom stereocenters. The molecule has 48 heavy (non-hydrogen) atoms. The molecule has 1 aliphatic heterocycles. The van der Waals surface area contributed by atoms with Crippen LogP contribution in [0.1, 0.15) is 29.7 Å². The lowest BCUT2D eigenvalue weighted by Gasteiger charge is -2.26. The number of nitrogens with zero attached hydrogens (tertiary/aromatic N) is 2. The minimum atomic E-state index is -0.831. The van der Waals surface area contributed by atoms with E-state index in [-0.39, 0.29) is 11.5 Å². The van der Waals surface area contributed by atoms with Gasteiger partial charge in [0.2, 0.25) is 0 Å². The molecule has 1 aliphatic rings. The fraction of sp³-hybridized carbons (Fsp3) is 0.162. The largest absolute Gasteiger partial charge is 0.497 e. The van der Waals surface area contributed by atoms with Gasteiger partial charge in [-0.3, -0.25) is 14.2 Å². The van der Waals surface area contributed by atoms with Crippen LogP contribution < -0.4 is 39.2 Å². The van der Waals surface area contributed by atoms with E-state index >= 15 is 0 Å². The predicted octanol–water partition coefficient (Wildman–Crippen LogP) is 6.24.